The summed E-state index contributed by atoms with van der Waals surface area (Å²) >= 11 is 0. The third-order valence-electron chi connectivity index (χ3n) is 5.19. The van der Waals surface area contributed by atoms with E-state index < -0.39 is 17.9 Å². The molecule has 0 saturated carbocycles. The summed E-state index contributed by atoms with van der Waals surface area (Å²) in [6.45, 7) is 0.285. The Kier molecular flexibility index (Phi) is 8.18. The Balaban J connectivity index is 1.77. The van der Waals surface area contributed by atoms with Gasteiger partial charge in [-0.25, -0.2) is 9.78 Å². The predicted molar refractivity (Wildman–Crippen MR) is 127 cm³/mol. The van der Waals surface area contributed by atoms with Crippen molar-refractivity contribution in [3.63, 3.8) is 0 Å². The Morgan fingerprint density at radius 3 is 2.70 bits per heavy atom. The van der Waals surface area contributed by atoms with Crippen molar-refractivity contribution >= 4 is 17.8 Å². The molecular weight excluding hydrogens is 420 g/mol. The number of nitrogens with one attached hydrogen (secondary N) is 2. The van der Waals surface area contributed by atoms with Gasteiger partial charge in [-0.15, -0.1) is 0 Å². The van der Waals surface area contributed by atoms with Gasteiger partial charge in [-0.05, 0) is 24.8 Å². The number of H-pyrrole nitrogens is 1. The molecule has 0 aliphatic heterocycles. The lowest BCUT2D eigenvalue weighted by molar-refractivity contribution is -0.139. The molecule has 33 heavy (non-hydrogen) atoms. The number of imidazole rings is 1. The van der Waals surface area contributed by atoms with Crippen molar-refractivity contribution in [2.75, 3.05) is 6.54 Å². The van der Waals surface area contributed by atoms with E-state index >= 15 is 0 Å². The fourth-order valence-corrected chi connectivity index (χ4v) is 3.60. The van der Waals surface area contributed by atoms with Crippen LogP contribution in [-0.2, 0) is 4.79 Å². The summed E-state index contributed by atoms with van der Waals surface area (Å²) in [5, 5.41) is 12.0. The summed E-state index contributed by atoms with van der Waals surface area (Å²) in [4.78, 5) is 35.7. The highest BCUT2D eigenvalue weighted by Gasteiger charge is 2.25. The number of rotatable bonds is 10. The quantitative estimate of drug-likeness (QED) is 0.213. The van der Waals surface area contributed by atoms with Gasteiger partial charge in [0.15, 0.2) is 5.96 Å². The number of guanidine groups is 1. The Bertz CT molecular complexity index is 1080. The predicted octanol–water partition coefficient (Wildman–Crippen LogP) is 2.22. The molecule has 1 amide bonds. The second kappa shape index (κ2) is 11.5. The molecule has 2 aromatic rings. The number of aliphatic carboxylic acids is 1. The molecule has 1 aliphatic carbocycles. The molecule has 1 aromatic carbocycles. The number of benzene rings is 1. The van der Waals surface area contributed by atoms with Gasteiger partial charge in [-0.3, -0.25) is 9.79 Å². The molecule has 1 aliphatic rings. The number of amides is 1. The standard InChI is InChI=1S/C24H28N6O3/c25-24(26)27-14-8-13-18(23(32)33)30-22(31)19-15-28-21(29-19)20(17-11-6-3-7-12-17)16-9-4-1-2-5-10-16/h1-7,9,11-12,15,18,20H,8,10,13-14H2,(H,28,29)(H,30,31)(H,32,33)(H4,25,26,27). The van der Waals surface area contributed by atoms with E-state index in [1.807, 2.05) is 48.6 Å². The molecule has 1 heterocycles. The lowest BCUT2D eigenvalue weighted by Gasteiger charge is -2.18. The van der Waals surface area contributed by atoms with Crippen molar-refractivity contribution in [3.8, 4) is 0 Å². The first-order valence-corrected chi connectivity index (χ1v) is 10.7. The average Bonchev–Trinajstić information content (AvgIpc) is 3.12. The number of aromatic nitrogens is 2. The van der Waals surface area contributed by atoms with E-state index in [4.69, 9.17) is 11.5 Å². The van der Waals surface area contributed by atoms with Crippen molar-refractivity contribution in [2.45, 2.75) is 31.2 Å². The van der Waals surface area contributed by atoms with Crippen LogP contribution in [0.1, 0.15) is 47.1 Å². The van der Waals surface area contributed by atoms with E-state index in [2.05, 4.69) is 32.4 Å². The summed E-state index contributed by atoms with van der Waals surface area (Å²) in [5.74, 6) is -1.28. The summed E-state index contributed by atoms with van der Waals surface area (Å²) < 4.78 is 0. The fraction of sp³-hybridized carbons (Fsp3) is 0.250. The molecule has 0 saturated heterocycles. The van der Waals surface area contributed by atoms with E-state index in [1.165, 1.54) is 6.20 Å². The average molecular weight is 449 g/mol. The second-order valence-corrected chi connectivity index (χ2v) is 7.60. The number of nitrogens with two attached hydrogens (primary N) is 2. The Morgan fingerprint density at radius 1 is 1.18 bits per heavy atom. The SMILES string of the molecule is NC(N)=NCCCC(NC(=O)c1cnc(C(C2=CC=CC=CC2)c2ccccc2)[nH]1)C(=O)O. The molecule has 9 nitrogen and oxygen atoms in total. The zero-order chi connectivity index (χ0) is 23.6. The highest BCUT2D eigenvalue weighted by atomic mass is 16.4. The Labute approximate surface area is 192 Å². The minimum Gasteiger partial charge on any atom is -0.480 e. The summed E-state index contributed by atoms with van der Waals surface area (Å²) in [6, 6.07) is 8.83. The van der Waals surface area contributed by atoms with Gasteiger partial charge in [0, 0.05) is 6.54 Å². The van der Waals surface area contributed by atoms with Crippen LogP contribution in [0.3, 0.4) is 0 Å². The number of carboxylic acid groups (broad SMARTS) is 1. The van der Waals surface area contributed by atoms with Crippen LogP contribution in [0.2, 0.25) is 0 Å². The van der Waals surface area contributed by atoms with E-state index in [0.717, 1.165) is 17.6 Å². The number of carbonyl (C=O) groups is 2. The van der Waals surface area contributed by atoms with E-state index in [1.54, 1.807) is 0 Å². The van der Waals surface area contributed by atoms with Gasteiger partial charge < -0.3 is 26.9 Å². The molecule has 2 atom stereocenters. The van der Waals surface area contributed by atoms with Gasteiger partial charge in [0.1, 0.15) is 17.6 Å². The van der Waals surface area contributed by atoms with Crippen LogP contribution in [0.4, 0.5) is 0 Å². The van der Waals surface area contributed by atoms with Crippen LogP contribution in [0.5, 0.6) is 0 Å². The molecule has 3 rings (SSSR count). The minimum absolute atomic E-state index is 0.0568. The van der Waals surface area contributed by atoms with Crippen molar-refractivity contribution in [1.29, 1.82) is 0 Å². The maximum absolute atomic E-state index is 12.8. The van der Waals surface area contributed by atoms with Gasteiger partial charge in [0.25, 0.3) is 5.91 Å². The maximum atomic E-state index is 12.8. The fourth-order valence-electron chi connectivity index (χ4n) is 3.60. The molecule has 9 heteroatoms. The molecule has 172 valence electrons. The minimum atomic E-state index is -1.13. The highest BCUT2D eigenvalue weighted by molar-refractivity contribution is 5.94. The largest absolute Gasteiger partial charge is 0.480 e. The van der Waals surface area contributed by atoms with Crippen LogP contribution in [0, 0.1) is 0 Å². The van der Waals surface area contributed by atoms with Gasteiger partial charge in [-0.1, -0.05) is 66.3 Å². The molecule has 0 bridgehead atoms. The smallest absolute Gasteiger partial charge is 0.326 e. The lowest BCUT2D eigenvalue weighted by Crippen LogP contribution is -2.41. The van der Waals surface area contributed by atoms with Crippen LogP contribution < -0.4 is 16.8 Å². The van der Waals surface area contributed by atoms with Crippen LogP contribution in [-0.4, -0.2) is 45.5 Å². The first kappa shape index (κ1) is 23.5. The number of hydrogen-bond donors (Lipinski definition) is 5. The number of hydrogen-bond acceptors (Lipinski definition) is 4. The lowest BCUT2D eigenvalue weighted by atomic mass is 9.88. The zero-order valence-electron chi connectivity index (χ0n) is 18.1. The number of allylic oxidation sites excluding steroid dienone is 6. The Morgan fingerprint density at radius 2 is 1.97 bits per heavy atom. The van der Waals surface area contributed by atoms with Gasteiger partial charge in [0.05, 0.1) is 12.1 Å². The normalized spacial score (nSPS) is 14.6. The molecule has 0 radical (unpaired) electrons. The van der Waals surface area contributed by atoms with Gasteiger partial charge in [-0.2, -0.15) is 0 Å². The van der Waals surface area contributed by atoms with Crippen molar-refractivity contribution in [1.82, 2.24) is 15.3 Å². The van der Waals surface area contributed by atoms with E-state index in [0.29, 0.717) is 12.2 Å². The second-order valence-electron chi connectivity index (χ2n) is 7.60. The van der Waals surface area contributed by atoms with Crippen LogP contribution >= 0.6 is 0 Å². The topological polar surface area (TPSA) is 159 Å². The van der Waals surface area contributed by atoms with Gasteiger partial charge >= 0.3 is 5.97 Å². The summed E-state index contributed by atoms with van der Waals surface area (Å²) in [5.41, 5.74) is 12.9. The van der Waals surface area contributed by atoms with Crippen molar-refractivity contribution < 1.29 is 14.7 Å². The van der Waals surface area contributed by atoms with Crippen LogP contribution in [0.15, 0.2) is 77.5 Å². The van der Waals surface area contributed by atoms with E-state index in [9.17, 15) is 14.7 Å². The first-order valence-electron chi connectivity index (χ1n) is 10.7. The first-order chi connectivity index (χ1) is 16.0. The monoisotopic (exact) mass is 448 g/mol. The number of nitrogens with zero attached hydrogens (tertiary/aromatic N) is 2. The summed E-state index contributed by atoms with van der Waals surface area (Å²) in [7, 11) is 0. The molecule has 2 unspecified atom stereocenters. The highest BCUT2D eigenvalue weighted by Crippen LogP contribution is 2.33. The van der Waals surface area contributed by atoms with Crippen LogP contribution in [0.25, 0.3) is 0 Å². The Hall–Kier alpha value is -4.14. The molecular formula is C24H28N6O3. The third kappa shape index (κ3) is 6.67. The molecule has 1 aromatic heterocycles. The summed E-state index contributed by atoms with van der Waals surface area (Å²) in [6.07, 6.45) is 12.8. The number of aliphatic imine (C=N–C) groups is 1. The number of carboxylic acids is 1. The molecule has 0 spiro atoms. The molecule has 0 fully saturated rings. The van der Waals surface area contributed by atoms with Gasteiger partial charge in [0.2, 0.25) is 0 Å². The third-order valence-corrected chi connectivity index (χ3v) is 5.19. The van der Waals surface area contributed by atoms with Crippen molar-refractivity contribution in [2.24, 2.45) is 16.5 Å². The number of aromatic amines is 1. The van der Waals surface area contributed by atoms with Crippen molar-refractivity contribution in [3.05, 3.63) is 89.6 Å². The number of carbonyl (C=O) groups excluding carboxylic acids is 1. The maximum Gasteiger partial charge on any atom is 0.326 e. The molecule has 7 N–H and O–H groups in total. The zero-order valence-corrected chi connectivity index (χ0v) is 18.1. The van der Waals surface area contributed by atoms with E-state index in [-0.39, 0.29) is 30.5 Å².